The molecule has 30 heavy (non-hydrogen) atoms. The van der Waals surface area contributed by atoms with Gasteiger partial charge in [0.2, 0.25) is 0 Å². The second-order valence-corrected chi connectivity index (χ2v) is 8.08. The largest absolute Gasteiger partial charge is 0.497 e. The summed E-state index contributed by atoms with van der Waals surface area (Å²) in [6, 6.07) is 16.2. The van der Waals surface area contributed by atoms with Crippen LogP contribution in [0.3, 0.4) is 0 Å². The maximum atomic E-state index is 12.4. The normalized spacial score (nSPS) is 14.3. The van der Waals surface area contributed by atoms with E-state index < -0.39 is 29.3 Å². The fraction of sp³-hybridized carbons (Fsp3) is 0.391. The maximum absolute atomic E-state index is 12.4. The minimum absolute atomic E-state index is 0.141. The number of rotatable bonds is 8. The van der Waals surface area contributed by atoms with E-state index in [-0.39, 0.29) is 6.61 Å². The van der Waals surface area contributed by atoms with Crippen LogP contribution in [0.5, 0.6) is 5.75 Å². The summed E-state index contributed by atoms with van der Waals surface area (Å²) in [6.07, 6.45) is -1.80. The van der Waals surface area contributed by atoms with Gasteiger partial charge in [-0.3, -0.25) is 0 Å². The fourth-order valence-electron chi connectivity index (χ4n) is 2.87. The highest BCUT2D eigenvalue weighted by atomic mass is 16.6. The first-order valence-corrected chi connectivity index (χ1v) is 9.59. The van der Waals surface area contributed by atoms with Crippen LogP contribution in [0.4, 0.5) is 4.79 Å². The van der Waals surface area contributed by atoms with Gasteiger partial charge in [-0.1, -0.05) is 42.5 Å². The maximum Gasteiger partial charge on any atom is 0.408 e. The molecular formula is C23H29NO6. The van der Waals surface area contributed by atoms with Gasteiger partial charge >= 0.3 is 12.1 Å². The van der Waals surface area contributed by atoms with Crippen LogP contribution in [0.1, 0.15) is 44.9 Å². The molecule has 0 saturated carbocycles. The lowest BCUT2D eigenvalue weighted by molar-refractivity contribution is -0.152. The minimum Gasteiger partial charge on any atom is -0.497 e. The molecule has 0 heterocycles. The lowest BCUT2D eigenvalue weighted by Crippen LogP contribution is -2.57. The molecule has 0 unspecified atom stereocenters. The number of benzene rings is 2. The zero-order valence-corrected chi connectivity index (χ0v) is 18.0. The Hall–Kier alpha value is -3.06. The highest BCUT2D eigenvalue weighted by Crippen LogP contribution is 2.32. The molecule has 0 aliphatic heterocycles. The first kappa shape index (κ1) is 23.2. The molecule has 0 spiro atoms. The topological polar surface area (TPSA) is 94.1 Å². The summed E-state index contributed by atoms with van der Waals surface area (Å²) < 4.78 is 16.5. The minimum atomic E-state index is -1.77. The van der Waals surface area contributed by atoms with Crippen LogP contribution < -0.4 is 10.1 Å². The number of carbonyl (C=O) groups excluding carboxylic acids is 1. The predicted molar refractivity (Wildman–Crippen MR) is 112 cm³/mol. The van der Waals surface area contributed by atoms with E-state index in [0.717, 1.165) is 5.56 Å². The Morgan fingerprint density at radius 1 is 1.00 bits per heavy atom. The highest BCUT2D eigenvalue weighted by Gasteiger charge is 2.45. The van der Waals surface area contributed by atoms with Gasteiger partial charge in [0.25, 0.3) is 0 Å². The first-order chi connectivity index (χ1) is 14.0. The molecule has 0 aliphatic carbocycles. The van der Waals surface area contributed by atoms with Crippen molar-refractivity contribution in [3.05, 3.63) is 65.7 Å². The molecule has 2 aromatic carbocycles. The second-order valence-electron chi connectivity index (χ2n) is 8.08. The number of hydrogen-bond acceptors (Lipinski definition) is 5. The lowest BCUT2D eigenvalue weighted by atomic mass is 9.89. The number of aliphatic carboxylic acids is 1. The number of amides is 1. The number of carboxylic acid groups (broad SMARTS) is 1. The quantitative estimate of drug-likeness (QED) is 0.667. The van der Waals surface area contributed by atoms with Crippen LogP contribution in [-0.2, 0) is 20.9 Å². The average Bonchev–Trinajstić information content (AvgIpc) is 2.67. The van der Waals surface area contributed by atoms with E-state index in [4.69, 9.17) is 14.2 Å². The second kappa shape index (κ2) is 9.63. The summed E-state index contributed by atoms with van der Waals surface area (Å²) in [7, 11) is 1.58. The van der Waals surface area contributed by atoms with Gasteiger partial charge < -0.3 is 24.6 Å². The van der Waals surface area contributed by atoms with E-state index in [9.17, 15) is 14.7 Å². The number of nitrogens with one attached hydrogen (secondary N) is 1. The molecule has 0 radical (unpaired) electrons. The number of methoxy groups -OCH3 is 1. The van der Waals surface area contributed by atoms with Gasteiger partial charge in [0.05, 0.1) is 13.7 Å². The zero-order valence-electron chi connectivity index (χ0n) is 18.0. The molecule has 2 aromatic rings. The number of carbonyl (C=O) groups is 2. The van der Waals surface area contributed by atoms with Crippen molar-refractivity contribution in [3.8, 4) is 5.75 Å². The van der Waals surface area contributed by atoms with Crippen LogP contribution >= 0.6 is 0 Å². The van der Waals surface area contributed by atoms with Gasteiger partial charge in [-0.2, -0.15) is 0 Å². The molecule has 2 atom stereocenters. The lowest BCUT2D eigenvalue weighted by Gasteiger charge is -2.35. The Labute approximate surface area is 177 Å². The number of carboxylic acids is 1. The van der Waals surface area contributed by atoms with Crippen LogP contribution in [0.2, 0.25) is 0 Å². The van der Waals surface area contributed by atoms with Gasteiger partial charge in [-0.05, 0) is 51.0 Å². The standard InChI is InChI=1S/C23H29NO6/c1-22(2,3)30-21(27)24-23(4,20(25)26)19(17-9-7-6-8-10-17)29-15-16-11-13-18(28-5)14-12-16/h6-14,19H,15H2,1-5H3,(H,24,27)(H,25,26)/t19-,23-/m0/s1. The Morgan fingerprint density at radius 2 is 1.60 bits per heavy atom. The van der Waals surface area contributed by atoms with Crippen LogP contribution in [0, 0.1) is 0 Å². The van der Waals surface area contributed by atoms with Crippen LogP contribution in [0.15, 0.2) is 54.6 Å². The van der Waals surface area contributed by atoms with Crippen molar-refractivity contribution in [2.75, 3.05) is 7.11 Å². The number of hydrogen-bond donors (Lipinski definition) is 2. The first-order valence-electron chi connectivity index (χ1n) is 9.59. The Bertz CT molecular complexity index is 844. The molecule has 2 N–H and O–H groups in total. The molecule has 162 valence electrons. The predicted octanol–water partition coefficient (Wildman–Crippen LogP) is 4.32. The van der Waals surface area contributed by atoms with E-state index in [1.54, 1.807) is 64.3 Å². The molecule has 0 aromatic heterocycles. The molecule has 0 aliphatic rings. The van der Waals surface area contributed by atoms with E-state index in [1.807, 2.05) is 18.2 Å². The molecule has 0 bridgehead atoms. The molecule has 2 rings (SSSR count). The Kier molecular flexibility index (Phi) is 7.45. The summed E-state index contributed by atoms with van der Waals surface area (Å²) in [5.41, 5.74) is -1.08. The van der Waals surface area contributed by atoms with Crippen molar-refractivity contribution in [3.63, 3.8) is 0 Å². The summed E-state index contributed by atoms with van der Waals surface area (Å²) in [5, 5.41) is 12.5. The van der Waals surface area contributed by atoms with Crippen molar-refractivity contribution < 1.29 is 28.9 Å². The third-order valence-corrected chi connectivity index (χ3v) is 4.41. The molecule has 0 fully saturated rings. The van der Waals surface area contributed by atoms with Crippen molar-refractivity contribution in [1.82, 2.24) is 5.32 Å². The fourth-order valence-corrected chi connectivity index (χ4v) is 2.87. The van der Waals surface area contributed by atoms with Gasteiger partial charge in [-0.25, -0.2) is 9.59 Å². The molecule has 1 amide bonds. The highest BCUT2D eigenvalue weighted by molar-refractivity contribution is 5.85. The Morgan fingerprint density at radius 3 is 2.10 bits per heavy atom. The molecule has 7 heteroatoms. The van der Waals surface area contributed by atoms with Gasteiger partial charge in [0, 0.05) is 0 Å². The van der Waals surface area contributed by atoms with E-state index in [0.29, 0.717) is 11.3 Å². The van der Waals surface area contributed by atoms with Crippen LogP contribution in [-0.4, -0.2) is 35.4 Å². The van der Waals surface area contributed by atoms with E-state index in [1.165, 1.54) is 6.92 Å². The SMILES string of the molecule is COc1ccc(CO[C@@H](c2ccccc2)[C@](C)(NC(=O)OC(C)(C)C)C(=O)O)cc1. The third kappa shape index (κ3) is 6.22. The summed E-state index contributed by atoms with van der Waals surface area (Å²) in [4.78, 5) is 24.7. The smallest absolute Gasteiger partial charge is 0.408 e. The van der Waals surface area contributed by atoms with Gasteiger partial charge in [0.15, 0.2) is 5.54 Å². The van der Waals surface area contributed by atoms with Crippen molar-refractivity contribution in [2.24, 2.45) is 0 Å². The van der Waals surface area contributed by atoms with Crippen molar-refractivity contribution >= 4 is 12.1 Å². The summed E-state index contributed by atoms with van der Waals surface area (Å²) >= 11 is 0. The van der Waals surface area contributed by atoms with Gasteiger partial charge in [-0.15, -0.1) is 0 Å². The zero-order chi connectivity index (χ0) is 22.4. The number of alkyl carbamates (subject to hydrolysis) is 1. The van der Waals surface area contributed by atoms with Crippen molar-refractivity contribution in [2.45, 2.75) is 51.5 Å². The van der Waals surface area contributed by atoms with Crippen LogP contribution in [0.25, 0.3) is 0 Å². The molecule has 0 saturated heterocycles. The van der Waals surface area contributed by atoms with E-state index >= 15 is 0 Å². The monoisotopic (exact) mass is 415 g/mol. The average molecular weight is 415 g/mol. The molecular weight excluding hydrogens is 386 g/mol. The van der Waals surface area contributed by atoms with E-state index in [2.05, 4.69) is 5.32 Å². The third-order valence-electron chi connectivity index (χ3n) is 4.41. The van der Waals surface area contributed by atoms with Gasteiger partial charge in [0.1, 0.15) is 17.5 Å². The number of ether oxygens (including phenoxy) is 3. The molecule has 7 nitrogen and oxygen atoms in total. The Balaban J connectivity index is 2.32. The summed E-state index contributed by atoms with van der Waals surface area (Å²) in [5.74, 6) is -0.530. The summed E-state index contributed by atoms with van der Waals surface area (Å²) in [6.45, 7) is 6.67. The van der Waals surface area contributed by atoms with Crippen molar-refractivity contribution in [1.29, 1.82) is 0 Å².